The normalized spacial score (nSPS) is 11.7. The van der Waals surface area contributed by atoms with Crippen LogP contribution in [0.3, 0.4) is 0 Å². The minimum atomic E-state index is -5.81. The molecule has 0 bridgehead atoms. The fourth-order valence-electron chi connectivity index (χ4n) is 2.73. The second kappa shape index (κ2) is 6.97. The molecule has 0 spiro atoms. The van der Waals surface area contributed by atoms with E-state index in [9.17, 15) is 21.6 Å². The number of fused-ring (bicyclic) bond motifs is 1. The standard InChI is InChI=1S/C20H13F3O3S/c1-2-7-15-10-6-13-18(26-27(24,25)20(21,22)23)19(15)17-12-5-9-14-8-3-4-11-16(14)17/h3-6,8-13H,1H3. The summed E-state index contributed by atoms with van der Waals surface area (Å²) >= 11 is 0. The molecule has 27 heavy (non-hydrogen) atoms. The third kappa shape index (κ3) is 3.62. The summed E-state index contributed by atoms with van der Waals surface area (Å²) in [7, 11) is -5.81. The van der Waals surface area contributed by atoms with Crippen molar-refractivity contribution >= 4 is 20.9 Å². The monoisotopic (exact) mass is 390 g/mol. The molecule has 0 saturated heterocycles. The molecule has 0 aliphatic heterocycles. The quantitative estimate of drug-likeness (QED) is 0.355. The molecular weight excluding hydrogens is 377 g/mol. The molecular formula is C20H13F3O3S. The molecule has 0 saturated carbocycles. The van der Waals surface area contributed by atoms with Crippen LogP contribution in [0.1, 0.15) is 12.5 Å². The molecule has 0 aliphatic rings. The van der Waals surface area contributed by atoms with Gasteiger partial charge in [0, 0.05) is 11.1 Å². The van der Waals surface area contributed by atoms with Crippen LogP contribution in [-0.2, 0) is 10.1 Å². The predicted octanol–water partition coefficient (Wildman–Crippen LogP) is 5.11. The highest BCUT2D eigenvalue weighted by molar-refractivity contribution is 7.88. The minimum Gasteiger partial charge on any atom is -0.375 e. The van der Waals surface area contributed by atoms with Gasteiger partial charge in [0.1, 0.15) is 0 Å². The molecule has 0 fully saturated rings. The number of alkyl halides is 3. The topological polar surface area (TPSA) is 43.4 Å². The Morgan fingerprint density at radius 1 is 0.926 bits per heavy atom. The average molecular weight is 390 g/mol. The van der Waals surface area contributed by atoms with E-state index in [1.807, 2.05) is 18.2 Å². The Bertz CT molecular complexity index is 1170. The van der Waals surface area contributed by atoms with Gasteiger partial charge in [-0.1, -0.05) is 54.5 Å². The molecule has 0 unspecified atom stereocenters. The van der Waals surface area contributed by atoms with Crippen molar-refractivity contribution < 1.29 is 25.8 Å². The first-order chi connectivity index (χ1) is 12.7. The number of rotatable bonds is 3. The third-order valence-electron chi connectivity index (χ3n) is 3.83. The highest BCUT2D eigenvalue weighted by Crippen LogP contribution is 2.39. The van der Waals surface area contributed by atoms with Crippen LogP contribution >= 0.6 is 0 Å². The summed E-state index contributed by atoms with van der Waals surface area (Å²) < 4.78 is 66.0. The fraction of sp³-hybridized carbons (Fsp3) is 0.100. The van der Waals surface area contributed by atoms with Crippen molar-refractivity contribution in [2.45, 2.75) is 12.4 Å². The van der Waals surface area contributed by atoms with E-state index in [0.717, 1.165) is 10.8 Å². The van der Waals surface area contributed by atoms with Gasteiger partial charge in [0.25, 0.3) is 0 Å². The van der Waals surface area contributed by atoms with E-state index in [-0.39, 0.29) is 5.56 Å². The fourth-order valence-corrected chi connectivity index (χ4v) is 3.20. The second-order valence-corrected chi connectivity index (χ2v) is 7.10. The Balaban J connectivity index is 2.32. The molecule has 7 heteroatoms. The van der Waals surface area contributed by atoms with Crippen molar-refractivity contribution in [3.8, 4) is 28.7 Å². The van der Waals surface area contributed by atoms with E-state index in [1.54, 1.807) is 37.3 Å². The molecule has 0 atom stereocenters. The van der Waals surface area contributed by atoms with Crippen LogP contribution in [0.5, 0.6) is 5.75 Å². The SMILES string of the molecule is CC#Cc1cccc(OS(=O)(=O)C(F)(F)F)c1-c1cccc2ccccc12. The zero-order valence-corrected chi connectivity index (χ0v) is 14.9. The summed E-state index contributed by atoms with van der Waals surface area (Å²) in [5.74, 6) is 5.06. The lowest BCUT2D eigenvalue weighted by molar-refractivity contribution is -0.0499. The first-order valence-corrected chi connectivity index (χ1v) is 9.20. The van der Waals surface area contributed by atoms with Crippen molar-refractivity contribution in [2.24, 2.45) is 0 Å². The van der Waals surface area contributed by atoms with Crippen LogP contribution in [0.4, 0.5) is 13.2 Å². The summed E-state index contributed by atoms with van der Waals surface area (Å²) in [5.41, 5.74) is -4.45. The van der Waals surface area contributed by atoms with Gasteiger partial charge in [0.2, 0.25) is 0 Å². The van der Waals surface area contributed by atoms with Gasteiger partial charge in [0.15, 0.2) is 5.75 Å². The average Bonchev–Trinajstić information content (AvgIpc) is 2.61. The van der Waals surface area contributed by atoms with Gasteiger partial charge >= 0.3 is 15.6 Å². The van der Waals surface area contributed by atoms with Crippen LogP contribution in [0, 0.1) is 11.8 Å². The van der Waals surface area contributed by atoms with Crippen LogP contribution in [-0.4, -0.2) is 13.9 Å². The zero-order chi connectivity index (χ0) is 19.7. The maximum Gasteiger partial charge on any atom is 0.534 e. The first kappa shape index (κ1) is 18.8. The number of benzene rings is 3. The van der Waals surface area contributed by atoms with Crippen molar-refractivity contribution in [1.29, 1.82) is 0 Å². The van der Waals surface area contributed by atoms with E-state index >= 15 is 0 Å². The molecule has 3 rings (SSSR count). The summed E-state index contributed by atoms with van der Waals surface area (Å²) in [6, 6.07) is 16.7. The van der Waals surface area contributed by atoms with E-state index in [2.05, 4.69) is 16.0 Å². The highest BCUT2D eigenvalue weighted by atomic mass is 32.2. The van der Waals surface area contributed by atoms with Crippen molar-refractivity contribution in [3.05, 3.63) is 66.2 Å². The first-order valence-electron chi connectivity index (χ1n) is 7.79. The second-order valence-electron chi connectivity index (χ2n) is 5.56. The molecule has 0 aromatic heterocycles. The molecule has 138 valence electrons. The minimum absolute atomic E-state index is 0.191. The molecule has 0 heterocycles. The molecule has 0 amide bonds. The number of hydrogen-bond acceptors (Lipinski definition) is 3. The highest BCUT2D eigenvalue weighted by Gasteiger charge is 2.48. The Labute approximate surface area is 154 Å². The predicted molar refractivity (Wildman–Crippen MR) is 97.5 cm³/mol. The van der Waals surface area contributed by atoms with Gasteiger partial charge in [-0.15, -0.1) is 5.92 Å². The smallest absolute Gasteiger partial charge is 0.375 e. The van der Waals surface area contributed by atoms with E-state index in [0.29, 0.717) is 11.1 Å². The van der Waals surface area contributed by atoms with Crippen molar-refractivity contribution in [2.75, 3.05) is 0 Å². The molecule has 0 N–H and O–H groups in total. The lowest BCUT2D eigenvalue weighted by Crippen LogP contribution is -2.28. The summed E-state index contributed by atoms with van der Waals surface area (Å²) in [4.78, 5) is 0. The number of hydrogen-bond donors (Lipinski definition) is 0. The summed E-state index contributed by atoms with van der Waals surface area (Å²) in [6.07, 6.45) is 0. The van der Waals surface area contributed by atoms with Gasteiger partial charge in [-0.25, -0.2) is 0 Å². The van der Waals surface area contributed by atoms with Crippen LogP contribution in [0.15, 0.2) is 60.7 Å². The van der Waals surface area contributed by atoms with Crippen molar-refractivity contribution in [1.82, 2.24) is 0 Å². The summed E-state index contributed by atoms with van der Waals surface area (Å²) in [6.45, 7) is 1.58. The van der Waals surface area contributed by atoms with E-state index in [1.165, 1.54) is 12.1 Å². The van der Waals surface area contributed by atoms with Crippen molar-refractivity contribution in [3.63, 3.8) is 0 Å². The van der Waals surface area contributed by atoms with Crippen LogP contribution in [0.2, 0.25) is 0 Å². The Kier molecular flexibility index (Phi) is 4.85. The largest absolute Gasteiger partial charge is 0.534 e. The van der Waals surface area contributed by atoms with Gasteiger partial charge in [-0.2, -0.15) is 21.6 Å². The molecule has 3 aromatic carbocycles. The van der Waals surface area contributed by atoms with Gasteiger partial charge in [-0.05, 0) is 35.4 Å². The summed E-state index contributed by atoms with van der Waals surface area (Å²) in [5, 5.41) is 1.58. The zero-order valence-electron chi connectivity index (χ0n) is 14.0. The Hall–Kier alpha value is -2.98. The molecule has 0 aliphatic carbocycles. The molecule has 0 radical (unpaired) electrons. The Morgan fingerprint density at radius 3 is 2.30 bits per heavy atom. The number of halogens is 3. The third-order valence-corrected chi connectivity index (χ3v) is 4.79. The van der Waals surface area contributed by atoms with Gasteiger partial charge < -0.3 is 4.18 Å². The maximum atomic E-state index is 12.8. The molecule has 3 nitrogen and oxygen atoms in total. The van der Waals surface area contributed by atoms with E-state index < -0.39 is 21.4 Å². The molecule has 3 aromatic rings. The Morgan fingerprint density at radius 2 is 1.59 bits per heavy atom. The maximum absolute atomic E-state index is 12.8. The van der Waals surface area contributed by atoms with Crippen LogP contribution < -0.4 is 4.18 Å². The van der Waals surface area contributed by atoms with Gasteiger partial charge in [-0.3, -0.25) is 0 Å². The van der Waals surface area contributed by atoms with E-state index in [4.69, 9.17) is 0 Å². The van der Waals surface area contributed by atoms with Crippen LogP contribution in [0.25, 0.3) is 21.9 Å². The van der Waals surface area contributed by atoms with Gasteiger partial charge in [0.05, 0.1) is 0 Å². The lowest BCUT2D eigenvalue weighted by Gasteiger charge is -2.16. The lowest BCUT2D eigenvalue weighted by atomic mass is 9.94.